The minimum absolute atomic E-state index is 0. The van der Waals surface area contributed by atoms with Gasteiger partial charge >= 0.3 is 0 Å². The second kappa shape index (κ2) is 7.09. The molecule has 0 atom stereocenters. The van der Waals surface area contributed by atoms with Gasteiger partial charge in [-0.1, -0.05) is 12.1 Å². The number of hydrogen-bond acceptors (Lipinski definition) is 2. The quantitative estimate of drug-likeness (QED) is 0.442. The highest BCUT2D eigenvalue weighted by molar-refractivity contribution is 5.70. The van der Waals surface area contributed by atoms with Crippen LogP contribution in [0.2, 0.25) is 0 Å². The Morgan fingerprint density at radius 1 is 1.19 bits per heavy atom. The predicted molar refractivity (Wildman–Crippen MR) is 65.3 cm³/mol. The van der Waals surface area contributed by atoms with Crippen LogP contribution in [0.4, 0.5) is 11.4 Å². The standard InChI is InChI=1S/C9H15N2.C2H5NO.ClH/c1-11(2,3)9-7-5-4-6-8(9)10;1-2(3)4;/h4-7H,10H2,1-3H3;1H3,(H2,3,4);1H/q+1;;/p-1. The first-order valence-electron chi connectivity index (χ1n) is 4.67. The molecular formula is C11H20ClN3O. The van der Waals surface area contributed by atoms with Crippen LogP contribution in [0.25, 0.3) is 0 Å². The Labute approximate surface area is 103 Å². The molecule has 4 nitrogen and oxygen atoms in total. The zero-order valence-electron chi connectivity index (χ0n) is 10.2. The lowest BCUT2D eigenvalue weighted by atomic mass is 10.2. The molecule has 0 unspecified atom stereocenters. The van der Waals surface area contributed by atoms with Gasteiger partial charge in [-0.3, -0.25) is 9.28 Å². The Balaban J connectivity index is 0. The maximum Gasteiger partial charge on any atom is 0.214 e. The molecule has 0 saturated carbocycles. The van der Waals surface area contributed by atoms with Gasteiger partial charge in [0.25, 0.3) is 0 Å². The molecule has 1 rings (SSSR count). The van der Waals surface area contributed by atoms with E-state index in [2.05, 4.69) is 32.9 Å². The number of quaternary nitrogens is 1. The Bertz CT molecular complexity index is 330. The normalized spacial score (nSPS) is 9.50. The van der Waals surface area contributed by atoms with Crippen LogP contribution in [-0.4, -0.2) is 27.1 Å². The molecule has 0 radical (unpaired) electrons. The van der Waals surface area contributed by atoms with E-state index < -0.39 is 0 Å². The van der Waals surface area contributed by atoms with Gasteiger partial charge in [0.2, 0.25) is 5.91 Å². The maximum absolute atomic E-state index is 9.22. The van der Waals surface area contributed by atoms with Crippen LogP contribution in [-0.2, 0) is 4.79 Å². The number of halogens is 1. The van der Waals surface area contributed by atoms with Crippen molar-refractivity contribution in [1.29, 1.82) is 0 Å². The monoisotopic (exact) mass is 245 g/mol. The molecule has 1 aromatic carbocycles. The van der Waals surface area contributed by atoms with Crippen molar-refractivity contribution in [2.45, 2.75) is 6.92 Å². The lowest BCUT2D eigenvalue weighted by Crippen LogP contribution is -3.00. The molecule has 0 bridgehead atoms. The van der Waals surface area contributed by atoms with E-state index in [1.165, 1.54) is 6.92 Å². The number of para-hydroxylation sites is 2. The number of anilines is 1. The fraction of sp³-hybridized carbons (Fsp3) is 0.364. The Hall–Kier alpha value is -1.26. The van der Waals surface area contributed by atoms with E-state index in [-0.39, 0.29) is 18.3 Å². The average Bonchev–Trinajstić information content (AvgIpc) is 2.01. The van der Waals surface area contributed by atoms with E-state index in [0.29, 0.717) is 0 Å². The molecule has 0 aliphatic heterocycles. The van der Waals surface area contributed by atoms with Crippen molar-refractivity contribution < 1.29 is 17.2 Å². The summed E-state index contributed by atoms with van der Waals surface area (Å²) in [6.07, 6.45) is 0. The van der Waals surface area contributed by atoms with Gasteiger partial charge < -0.3 is 23.9 Å². The third-order valence-electron chi connectivity index (χ3n) is 1.66. The van der Waals surface area contributed by atoms with Crippen molar-refractivity contribution in [2.24, 2.45) is 5.73 Å². The van der Waals surface area contributed by atoms with Gasteiger partial charge in [-0.25, -0.2) is 0 Å². The van der Waals surface area contributed by atoms with Gasteiger partial charge in [-0.15, -0.1) is 0 Å². The molecule has 5 heteroatoms. The molecule has 0 aliphatic rings. The zero-order valence-corrected chi connectivity index (χ0v) is 11.0. The third kappa shape index (κ3) is 7.09. The second-order valence-corrected chi connectivity index (χ2v) is 4.18. The average molecular weight is 246 g/mol. The van der Waals surface area contributed by atoms with Gasteiger partial charge in [0.15, 0.2) is 5.69 Å². The van der Waals surface area contributed by atoms with E-state index >= 15 is 0 Å². The third-order valence-corrected chi connectivity index (χ3v) is 1.66. The summed E-state index contributed by atoms with van der Waals surface area (Å²) in [6.45, 7) is 1.31. The van der Waals surface area contributed by atoms with Crippen LogP contribution in [0, 0.1) is 0 Å². The van der Waals surface area contributed by atoms with Crippen molar-refractivity contribution in [1.82, 2.24) is 4.48 Å². The number of amides is 1. The minimum Gasteiger partial charge on any atom is -1.00 e. The molecule has 0 fully saturated rings. The molecule has 1 amide bonds. The number of nitrogens with two attached hydrogens (primary N) is 2. The fourth-order valence-electron chi connectivity index (χ4n) is 1.10. The van der Waals surface area contributed by atoms with Crippen molar-refractivity contribution in [3.8, 4) is 0 Å². The highest BCUT2D eigenvalue weighted by Gasteiger charge is 2.13. The van der Waals surface area contributed by atoms with E-state index in [1.807, 2.05) is 18.2 Å². The lowest BCUT2D eigenvalue weighted by Gasteiger charge is -2.24. The summed E-state index contributed by atoms with van der Waals surface area (Å²) < 4.78 is 0.771. The van der Waals surface area contributed by atoms with Crippen LogP contribution >= 0.6 is 0 Å². The van der Waals surface area contributed by atoms with Gasteiger partial charge in [-0.2, -0.15) is 0 Å². The summed E-state index contributed by atoms with van der Waals surface area (Å²) in [5.41, 5.74) is 12.3. The molecular weight excluding hydrogens is 226 g/mol. The van der Waals surface area contributed by atoms with Crippen LogP contribution in [0.5, 0.6) is 0 Å². The molecule has 1 aromatic rings. The van der Waals surface area contributed by atoms with Crippen LogP contribution in [0.3, 0.4) is 0 Å². The number of benzene rings is 1. The van der Waals surface area contributed by atoms with Gasteiger partial charge in [-0.05, 0) is 6.07 Å². The highest BCUT2D eigenvalue weighted by atomic mass is 35.5. The number of carbonyl (C=O) groups excluding carboxylic acids is 1. The summed E-state index contributed by atoms with van der Waals surface area (Å²) in [6, 6.07) is 7.94. The van der Waals surface area contributed by atoms with Crippen molar-refractivity contribution in [3.05, 3.63) is 24.3 Å². The predicted octanol–water partition coefficient (Wildman–Crippen LogP) is -2.04. The molecule has 16 heavy (non-hydrogen) atoms. The van der Waals surface area contributed by atoms with Crippen LogP contribution in [0.1, 0.15) is 6.92 Å². The largest absolute Gasteiger partial charge is 1.00 e. The van der Waals surface area contributed by atoms with E-state index in [4.69, 9.17) is 5.73 Å². The molecule has 0 heterocycles. The van der Waals surface area contributed by atoms with Crippen molar-refractivity contribution in [2.75, 3.05) is 26.9 Å². The molecule has 4 N–H and O–H groups in total. The number of nitrogen functional groups attached to an aromatic ring is 1. The summed E-state index contributed by atoms with van der Waals surface area (Å²) in [5.74, 6) is -0.333. The highest BCUT2D eigenvalue weighted by Crippen LogP contribution is 2.23. The second-order valence-electron chi connectivity index (χ2n) is 4.18. The van der Waals surface area contributed by atoms with E-state index in [0.717, 1.165) is 15.9 Å². The fourth-order valence-corrected chi connectivity index (χ4v) is 1.10. The number of hydrogen-bond donors (Lipinski definition) is 2. The molecule has 0 aromatic heterocycles. The zero-order chi connectivity index (χ0) is 12.1. The molecule has 92 valence electrons. The number of primary amides is 1. The SMILES string of the molecule is CC(N)=O.C[N+](C)(C)c1ccccc1N.[Cl-]. The Morgan fingerprint density at radius 3 is 1.81 bits per heavy atom. The van der Waals surface area contributed by atoms with Crippen LogP contribution < -0.4 is 28.4 Å². The smallest absolute Gasteiger partial charge is 0.214 e. The van der Waals surface area contributed by atoms with Gasteiger partial charge in [0.05, 0.1) is 26.8 Å². The van der Waals surface area contributed by atoms with Gasteiger partial charge in [0, 0.05) is 13.0 Å². The van der Waals surface area contributed by atoms with Crippen LogP contribution in [0.15, 0.2) is 24.3 Å². The topological polar surface area (TPSA) is 69.1 Å². The van der Waals surface area contributed by atoms with Crippen molar-refractivity contribution >= 4 is 17.3 Å². The summed E-state index contributed by atoms with van der Waals surface area (Å²) >= 11 is 0. The maximum atomic E-state index is 9.22. The Morgan fingerprint density at radius 2 is 1.56 bits per heavy atom. The van der Waals surface area contributed by atoms with Gasteiger partial charge in [0.1, 0.15) is 0 Å². The molecule has 0 saturated heterocycles. The molecule has 0 spiro atoms. The molecule has 0 aliphatic carbocycles. The number of carbonyl (C=O) groups is 1. The first-order valence-corrected chi connectivity index (χ1v) is 4.67. The first-order chi connectivity index (χ1) is 6.75. The summed E-state index contributed by atoms with van der Waals surface area (Å²) in [7, 11) is 6.31. The lowest BCUT2D eigenvalue weighted by molar-refractivity contribution is -0.115. The summed E-state index contributed by atoms with van der Waals surface area (Å²) in [4.78, 5) is 9.22. The first kappa shape index (κ1) is 17.1. The van der Waals surface area contributed by atoms with E-state index in [1.54, 1.807) is 0 Å². The summed E-state index contributed by atoms with van der Waals surface area (Å²) in [5, 5.41) is 0. The Kier molecular flexibility index (Phi) is 7.59. The number of nitrogens with zero attached hydrogens (tertiary/aromatic N) is 1. The van der Waals surface area contributed by atoms with E-state index in [9.17, 15) is 4.79 Å². The number of rotatable bonds is 1. The minimum atomic E-state index is -0.333. The van der Waals surface area contributed by atoms with Crippen molar-refractivity contribution in [3.63, 3.8) is 0 Å².